The predicted octanol–water partition coefficient (Wildman–Crippen LogP) is 2.72. The number of alkyl halides is 2. The molecule has 8 heteroatoms. The molecule has 25 heavy (non-hydrogen) atoms. The second-order valence-corrected chi connectivity index (χ2v) is 6.45. The average Bonchev–Trinajstić information content (AvgIpc) is 3.26. The minimum atomic E-state index is -2.92. The molecule has 2 aliphatic rings. The van der Waals surface area contributed by atoms with Crippen molar-refractivity contribution >= 4 is 18.3 Å². The molecule has 3 rings (SSSR count). The van der Waals surface area contributed by atoms with Gasteiger partial charge in [0.25, 0.3) is 0 Å². The number of amides is 1. The van der Waals surface area contributed by atoms with Gasteiger partial charge < -0.3 is 20.1 Å². The molecule has 1 aromatic rings. The third-order valence-electron chi connectivity index (χ3n) is 5.02. The van der Waals surface area contributed by atoms with Gasteiger partial charge in [-0.15, -0.1) is 12.4 Å². The number of carbonyl (C=O) groups is 1. The van der Waals surface area contributed by atoms with Gasteiger partial charge in [0.15, 0.2) is 11.5 Å². The standard InChI is InChI=1S/C17H22F2N2O3.ClH/c1-23-13-3-2-11(8-14(13)24-16(18)19)10-21-15(22)12-9-17(12)4-6-20-7-5-17;/h2-3,8,12,16,20H,4-7,9-10H2,1H3,(H,21,22);1H. The Labute approximate surface area is 151 Å². The maximum atomic E-state index is 12.4. The van der Waals surface area contributed by atoms with Crippen LogP contribution in [0.15, 0.2) is 18.2 Å². The van der Waals surface area contributed by atoms with Crippen LogP contribution in [0.4, 0.5) is 8.78 Å². The third-order valence-corrected chi connectivity index (χ3v) is 5.02. The monoisotopic (exact) mass is 376 g/mol. The van der Waals surface area contributed by atoms with E-state index in [-0.39, 0.29) is 47.7 Å². The summed E-state index contributed by atoms with van der Waals surface area (Å²) in [5, 5.41) is 6.22. The topological polar surface area (TPSA) is 59.6 Å². The third kappa shape index (κ3) is 4.52. The van der Waals surface area contributed by atoms with Crippen LogP contribution >= 0.6 is 12.4 Å². The number of nitrogens with one attached hydrogen (secondary N) is 2. The number of methoxy groups -OCH3 is 1. The van der Waals surface area contributed by atoms with Crippen molar-refractivity contribution in [2.45, 2.75) is 32.4 Å². The first-order valence-electron chi connectivity index (χ1n) is 8.14. The quantitative estimate of drug-likeness (QED) is 0.801. The SMILES string of the molecule is COc1ccc(CNC(=O)C2CC23CCNCC3)cc1OC(F)F.Cl. The van der Waals surface area contributed by atoms with Gasteiger partial charge in [-0.1, -0.05) is 6.07 Å². The predicted molar refractivity (Wildman–Crippen MR) is 91.4 cm³/mol. The Morgan fingerprint density at radius 1 is 1.36 bits per heavy atom. The fraction of sp³-hybridized carbons (Fsp3) is 0.588. The van der Waals surface area contributed by atoms with Crippen LogP contribution in [0.5, 0.6) is 11.5 Å². The molecular weight excluding hydrogens is 354 g/mol. The number of hydrogen-bond acceptors (Lipinski definition) is 4. The minimum absolute atomic E-state index is 0. The Kier molecular flexibility index (Phi) is 6.46. The van der Waals surface area contributed by atoms with Crippen LogP contribution in [0.3, 0.4) is 0 Å². The highest BCUT2D eigenvalue weighted by atomic mass is 35.5. The summed E-state index contributed by atoms with van der Waals surface area (Å²) < 4.78 is 34.3. The van der Waals surface area contributed by atoms with E-state index in [1.807, 2.05) is 0 Å². The number of rotatable bonds is 6. The number of halogens is 3. The van der Waals surface area contributed by atoms with Crippen LogP contribution in [-0.4, -0.2) is 32.7 Å². The molecular formula is C17H23ClF2N2O3. The van der Waals surface area contributed by atoms with Gasteiger partial charge in [0.05, 0.1) is 7.11 Å². The van der Waals surface area contributed by atoms with Crippen molar-refractivity contribution < 1.29 is 23.0 Å². The summed E-state index contributed by atoms with van der Waals surface area (Å²) in [6, 6.07) is 4.76. The first kappa shape index (κ1) is 19.7. The summed E-state index contributed by atoms with van der Waals surface area (Å²) in [5.41, 5.74) is 0.874. The Bertz CT molecular complexity index is 610. The molecule has 1 aromatic carbocycles. The maximum absolute atomic E-state index is 12.4. The molecule has 1 unspecified atom stereocenters. The molecule has 1 amide bonds. The summed E-state index contributed by atoms with van der Waals surface area (Å²) in [4.78, 5) is 12.3. The lowest BCUT2D eigenvalue weighted by Gasteiger charge is -2.23. The Morgan fingerprint density at radius 2 is 2.08 bits per heavy atom. The Balaban J connectivity index is 0.00000225. The molecule has 0 bridgehead atoms. The van der Waals surface area contributed by atoms with Gasteiger partial charge in [-0.05, 0) is 55.5 Å². The summed E-state index contributed by atoms with van der Waals surface area (Å²) >= 11 is 0. The molecule has 1 aliphatic carbocycles. The van der Waals surface area contributed by atoms with Crippen molar-refractivity contribution in [1.29, 1.82) is 0 Å². The van der Waals surface area contributed by atoms with E-state index in [2.05, 4.69) is 15.4 Å². The number of carbonyl (C=O) groups excluding carboxylic acids is 1. The number of ether oxygens (including phenoxy) is 2. The van der Waals surface area contributed by atoms with Crippen LogP contribution in [0.1, 0.15) is 24.8 Å². The summed E-state index contributed by atoms with van der Waals surface area (Å²) in [5.74, 6) is 0.334. The average molecular weight is 377 g/mol. The van der Waals surface area contributed by atoms with E-state index in [9.17, 15) is 13.6 Å². The minimum Gasteiger partial charge on any atom is -0.493 e. The highest BCUT2D eigenvalue weighted by molar-refractivity contribution is 5.85. The van der Waals surface area contributed by atoms with E-state index in [0.717, 1.165) is 32.4 Å². The molecule has 1 saturated carbocycles. The normalized spacial score (nSPS) is 20.7. The molecule has 0 aromatic heterocycles. The molecule has 5 nitrogen and oxygen atoms in total. The van der Waals surface area contributed by atoms with Gasteiger partial charge in [-0.3, -0.25) is 4.79 Å². The van der Waals surface area contributed by atoms with Crippen molar-refractivity contribution in [2.24, 2.45) is 11.3 Å². The smallest absolute Gasteiger partial charge is 0.387 e. The van der Waals surface area contributed by atoms with Crippen molar-refractivity contribution in [3.05, 3.63) is 23.8 Å². The lowest BCUT2D eigenvalue weighted by Crippen LogP contribution is -2.33. The zero-order valence-electron chi connectivity index (χ0n) is 14.0. The van der Waals surface area contributed by atoms with Gasteiger partial charge in [-0.25, -0.2) is 0 Å². The van der Waals surface area contributed by atoms with E-state index in [1.165, 1.54) is 13.2 Å². The number of benzene rings is 1. The summed E-state index contributed by atoms with van der Waals surface area (Å²) in [7, 11) is 1.39. The van der Waals surface area contributed by atoms with Crippen molar-refractivity contribution in [3.8, 4) is 11.5 Å². The lowest BCUT2D eigenvalue weighted by molar-refractivity contribution is -0.123. The van der Waals surface area contributed by atoms with E-state index < -0.39 is 6.61 Å². The highest BCUT2D eigenvalue weighted by Crippen LogP contribution is 2.58. The first-order chi connectivity index (χ1) is 11.5. The zero-order valence-corrected chi connectivity index (χ0v) is 14.8. The second kappa shape index (κ2) is 8.19. The maximum Gasteiger partial charge on any atom is 0.387 e. The lowest BCUT2D eigenvalue weighted by atomic mass is 9.92. The highest BCUT2D eigenvalue weighted by Gasteiger charge is 2.57. The van der Waals surface area contributed by atoms with Crippen molar-refractivity contribution in [3.63, 3.8) is 0 Å². The van der Waals surface area contributed by atoms with Gasteiger partial charge in [0.1, 0.15) is 0 Å². The van der Waals surface area contributed by atoms with Gasteiger partial charge in [0, 0.05) is 12.5 Å². The molecule has 2 fully saturated rings. The molecule has 1 saturated heterocycles. The van der Waals surface area contributed by atoms with Gasteiger partial charge >= 0.3 is 6.61 Å². The number of piperidine rings is 1. The fourth-order valence-corrected chi connectivity index (χ4v) is 3.53. The molecule has 1 spiro atoms. The number of hydrogen-bond donors (Lipinski definition) is 2. The molecule has 1 heterocycles. The molecule has 1 atom stereocenters. The summed E-state index contributed by atoms with van der Waals surface area (Å²) in [6.45, 7) is -0.699. The largest absolute Gasteiger partial charge is 0.493 e. The van der Waals surface area contributed by atoms with Gasteiger partial charge in [0.2, 0.25) is 5.91 Å². The first-order valence-corrected chi connectivity index (χ1v) is 8.14. The van der Waals surface area contributed by atoms with Crippen LogP contribution in [0.2, 0.25) is 0 Å². The van der Waals surface area contributed by atoms with Crippen LogP contribution < -0.4 is 20.1 Å². The van der Waals surface area contributed by atoms with Crippen molar-refractivity contribution in [1.82, 2.24) is 10.6 Å². The second-order valence-electron chi connectivity index (χ2n) is 6.45. The Morgan fingerprint density at radius 3 is 2.72 bits per heavy atom. The van der Waals surface area contributed by atoms with E-state index in [1.54, 1.807) is 12.1 Å². The Hall–Kier alpha value is -1.60. The molecule has 2 N–H and O–H groups in total. The van der Waals surface area contributed by atoms with E-state index >= 15 is 0 Å². The van der Waals surface area contributed by atoms with Crippen molar-refractivity contribution in [2.75, 3.05) is 20.2 Å². The fourth-order valence-electron chi connectivity index (χ4n) is 3.53. The van der Waals surface area contributed by atoms with E-state index in [4.69, 9.17) is 4.74 Å². The van der Waals surface area contributed by atoms with Crippen LogP contribution in [0.25, 0.3) is 0 Å². The summed E-state index contributed by atoms with van der Waals surface area (Å²) in [6.07, 6.45) is 3.03. The molecule has 140 valence electrons. The van der Waals surface area contributed by atoms with E-state index in [0.29, 0.717) is 5.56 Å². The molecule has 0 radical (unpaired) electrons. The van der Waals surface area contributed by atoms with Crippen LogP contribution in [0, 0.1) is 11.3 Å². The van der Waals surface area contributed by atoms with Crippen LogP contribution in [-0.2, 0) is 11.3 Å². The zero-order chi connectivity index (χ0) is 17.2. The molecule has 1 aliphatic heterocycles. The van der Waals surface area contributed by atoms with Gasteiger partial charge in [-0.2, -0.15) is 8.78 Å².